The van der Waals surface area contributed by atoms with Crippen LogP contribution in [0.3, 0.4) is 0 Å². The highest BCUT2D eigenvalue weighted by atomic mass is 16.3. The Kier molecular flexibility index (Phi) is 8.04. The summed E-state index contributed by atoms with van der Waals surface area (Å²) in [7, 11) is 0. The van der Waals surface area contributed by atoms with Crippen molar-refractivity contribution < 1.29 is 4.42 Å². The number of furan rings is 1. The number of pyridine rings is 3. The molecule has 5 aromatic heterocycles. The molecule has 0 amide bonds. The Balaban J connectivity index is 1.14. The second kappa shape index (κ2) is 13.8. The first-order chi connectivity index (χ1) is 27.2. The third-order valence-corrected chi connectivity index (χ3v) is 9.81. The van der Waals surface area contributed by atoms with Crippen LogP contribution in [0.5, 0.6) is 0 Å². The smallest absolute Gasteiger partial charge is 0.135 e. The molecule has 6 heteroatoms. The lowest BCUT2D eigenvalue weighted by Gasteiger charge is -2.16. The standard InChI is InChI=1S/C49H31N5O/c1-3-13-33(14-4-1)46-48(35-23-21-32(22-24-35)37-30-42(40-18-9-11-27-50-40)52-43(31-37)41-19-10-12-28-51-41)53-47(34-15-5-2-6-16-34)49(54-46)36-25-26-45-39(29-36)38-17-7-8-20-44(38)55-45/h1-31H. The lowest BCUT2D eigenvalue weighted by Crippen LogP contribution is -2.01. The van der Waals surface area contributed by atoms with Gasteiger partial charge in [0.15, 0.2) is 0 Å². The maximum absolute atomic E-state index is 6.18. The van der Waals surface area contributed by atoms with Crippen LogP contribution in [0.2, 0.25) is 0 Å². The Morgan fingerprint density at radius 1 is 0.291 bits per heavy atom. The van der Waals surface area contributed by atoms with E-state index in [1.165, 1.54) is 0 Å². The maximum atomic E-state index is 6.18. The second-order valence-electron chi connectivity index (χ2n) is 13.3. The zero-order valence-electron chi connectivity index (χ0n) is 29.5. The van der Waals surface area contributed by atoms with Gasteiger partial charge in [-0.15, -0.1) is 0 Å². The predicted octanol–water partition coefficient (Wildman–Crippen LogP) is 12.2. The van der Waals surface area contributed by atoms with E-state index >= 15 is 0 Å². The molecule has 6 nitrogen and oxygen atoms in total. The van der Waals surface area contributed by atoms with Crippen molar-refractivity contribution in [3.63, 3.8) is 0 Å². The van der Waals surface area contributed by atoms with Gasteiger partial charge in [0.2, 0.25) is 0 Å². The number of para-hydroxylation sites is 1. The van der Waals surface area contributed by atoms with Crippen LogP contribution >= 0.6 is 0 Å². The van der Waals surface area contributed by atoms with Crippen LogP contribution in [-0.2, 0) is 0 Å². The Bertz CT molecular complexity index is 2890. The van der Waals surface area contributed by atoms with E-state index in [1.54, 1.807) is 12.4 Å². The van der Waals surface area contributed by atoms with Gasteiger partial charge in [0.05, 0.1) is 45.6 Å². The van der Waals surface area contributed by atoms with Crippen LogP contribution in [0.4, 0.5) is 0 Å². The Labute approximate surface area is 317 Å². The largest absolute Gasteiger partial charge is 0.456 e. The molecule has 0 radical (unpaired) electrons. The summed E-state index contributed by atoms with van der Waals surface area (Å²) >= 11 is 0. The summed E-state index contributed by atoms with van der Waals surface area (Å²) in [4.78, 5) is 25.1. The molecule has 10 aromatic rings. The molecule has 0 aliphatic heterocycles. The summed E-state index contributed by atoms with van der Waals surface area (Å²) in [6, 6.07) is 59.5. The lowest BCUT2D eigenvalue weighted by atomic mass is 9.97. The van der Waals surface area contributed by atoms with E-state index < -0.39 is 0 Å². The molecule has 0 N–H and O–H groups in total. The van der Waals surface area contributed by atoms with Crippen molar-refractivity contribution in [2.45, 2.75) is 0 Å². The number of hydrogen-bond acceptors (Lipinski definition) is 6. The number of aromatic nitrogens is 5. The van der Waals surface area contributed by atoms with Gasteiger partial charge in [-0.05, 0) is 71.8 Å². The zero-order valence-corrected chi connectivity index (χ0v) is 29.5. The van der Waals surface area contributed by atoms with Gasteiger partial charge < -0.3 is 4.42 Å². The summed E-state index contributed by atoms with van der Waals surface area (Å²) < 4.78 is 6.18. The van der Waals surface area contributed by atoms with Crippen molar-refractivity contribution >= 4 is 21.9 Å². The summed E-state index contributed by atoms with van der Waals surface area (Å²) in [5.74, 6) is 0. The number of fused-ring (bicyclic) bond motifs is 3. The molecular weight excluding hydrogens is 675 g/mol. The second-order valence-corrected chi connectivity index (χ2v) is 13.3. The monoisotopic (exact) mass is 705 g/mol. The molecule has 0 saturated heterocycles. The highest BCUT2D eigenvalue weighted by Crippen LogP contribution is 2.40. The molecule has 0 atom stereocenters. The fourth-order valence-electron chi connectivity index (χ4n) is 7.11. The normalized spacial score (nSPS) is 11.3. The topological polar surface area (TPSA) is 77.6 Å². The first kappa shape index (κ1) is 32.1. The predicted molar refractivity (Wildman–Crippen MR) is 221 cm³/mol. The first-order valence-electron chi connectivity index (χ1n) is 18.2. The molecule has 55 heavy (non-hydrogen) atoms. The van der Waals surface area contributed by atoms with E-state index in [1.807, 2.05) is 97.1 Å². The van der Waals surface area contributed by atoms with Crippen molar-refractivity contribution in [1.82, 2.24) is 24.9 Å². The van der Waals surface area contributed by atoms with Gasteiger partial charge in [-0.3, -0.25) is 9.97 Å². The van der Waals surface area contributed by atoms with Gasteiger partial charge in [0, 0.05) is 45.4 Å². The quantitative estimate of drug-likeness (QED) is 0.164. The lowest BCUT2D eigenvalue weighted by molar-refractivity contribution is 0.669. The molecule has 258 valence electrons. The van der Waals surface area contributed by atoms with Gasteiger partial charge >= 0.3 is 0 Å². The van der Waals surface area contributed by atoms with Crippen LogP contribution in [0.25, 0.3) is 101 Å². The molecule has 5 aromatic carbocycles. The maximum Gasteiger partial charge on any atom is 0.135 e. The fraction of sp³-hybridized carbons (Fsp3) is 0. The SMILES string of the molecule is c1ccc(-c2nc(-c3ccc4oc5ccccc5c4c3)c(-c3ccccc3)nc2-c2ccc(-c3cc(-c4ccccn4)nc(-c4ccccn4)c3)cc2)cc1. The highest BCUT2D eigenvalue weighted by molar-refractivity contribution is 6.06. The van der Waals surface area contributed by atoms with Crippen LogP contribution in [0.15, 0.2) is 193 Å². The van der Waals surface area contributed by atoms with Crippen molar-refractivity contribution in [2.24, 2.45) is 0 Å². The van der Waals surface area contributed by atoms with Crippen molar-refractivity contribution in [3.05, 3.63) is 188 Å². The highest BCUT2D eigenvalue weighted by Gasteiger charge is 2.21. The molecule has 5 heterocycles. The number of hydrogen-bond donors (Lipinski definition) is 0. The molecule has 0 bridgehead atoms. The van der Waals surface area contributed by atoms with Crippen LogP contribution in [0.1, 0.15) is 0 Å². The van der Waals surface area contributed by atoms with Gasteiger partial charge in [0.1, 0.15) is 11.2 Å². The summed E-state index contributed by atoms with van der Waals surface area (Å²) in [6.07, 6.45) is 3.58. The van der Waals surface area contributed by atoms with Gasteiger partial charge in [-0.2, -0.15) is 0 Å². The number of benzene rings is 5. The Morgan fingerprint density at radius 2 is 0.764 bits per heavy atom. The number of nitrogens with zero attached hydrogens (tertiary/aromatic N) is 5. The van der Waals surface area contributed by atoms with Gasteiger partial charge in [0.25, 0.3) is 0 Å². The molecular formula is C49H31N5O. The third-order valence-electron chi connectivity index (χ3n) is 9.81. The molecule has 0 aliphatic carbocycles. The van der Waals surface area contributed by atoms with E-state index in [4.69, 9.17) is 19.4 Å². The minimum absolute atomic E-state index is 0.782. The first-order valence-corrected chi connectivity index (χ1v) is 18.2. The van der Waals surface area contributed by atoms with Crippen LogP contribution in [-0.4, -0.2) is 24.9 Å². The van der Waals surface area contributed by atoms with Crippen LogP contribution in [0, 0.1) is 0 Å². The Hall–Kier alpha value is -7.57. The van der Waals surface area contributed by atoms with Gasteiger partial charge in [-0.25, -0.2) is 15.0 Å². The third kappa shape index (κ3) is 6.11. The minimum atomic E-state index is 0.782. The van der Waals surface area contributed by atoms with E-state index in [2.05, 4.69) is 88.8 Å². The van der Waals surface area contributed by atoms with E-state index in [9.17, 15) is 0 Å². The minimum Gasteiger partial charge on any atom is -0.456 e. The zero-order chi connectivity index (χ0) is 36.6. The van der Waals surface area contributed by atoms with E-state index in [0.717, 1.165) is 101 Å². The average Bonchev–Trinajstić information content (AvgIpc) is 3.65. The fourth-order valence-corrected chi connectivity index (χ4v) is 7.11. The summed E-state index contributed by atoms with van der Waals surface area (Å²) in [5.41, 5.74) is 14.0. The Morgan fingerprint density at radius 3 is 1.35 bits per heavy atom. The molecule has 0 aliphatic rings. The van der Waals surface area contributed by atoms with Crippen molar-refractivity contribution in [2.75, 3.05) is 0 Å². The summed E-state index contributed by atoms with van der Waals surface area (Å²) in [6.45, 7) is 0. The average molecular weight is 706 g/mol. The van der Waals surface area contributed by atoms with Crippen molar-refractivity contribution in [3.8, 4) is 78.9 Å². The molecule has 0 saturated carbocycles. The molecule has 10 rings (SSSR count). The van der Waals surface area contributed by atoms with Crippen molar-refractivity contribution in [1.29, 1.82) is 0 Å². The van der Waals surface area contributed by atoms with Gasteiger partial charge in [-0.1, -0.05) is 115 Å². The molecule has 0 unspecified atom stereocenters. The molecule has 0 fully saturated rings. The summed E-state index contributed by atoms with van der Waals surface area (Å²) in [5, 5.41) is 2.12. The number of rotatable bonds is 7. The molecule has 0 spiro atoms. The van der Waals surface area contributed by atoms with E-state index in [-0.39, 0.29) is 0 Å². The van der Waals surface area contributed by atoms with E-state index in [0.29, 0.717) is 0 Å². The van der Waals surface area contributed by atoms with Crippen LogP contribution < -0.4 is 0 Å².